The van der Waals surface area contributed by atoms with Gasteiger partial charge in [0.1, 0.15) is 6.10 Å². The number of nitrogens with zero attached hydrogens (tertiary/aromatic N) is 1. The van der Waals surface area contributed by atoms with Gasteiger partial charge in [0.05, 0.1) is 18.6 Å². The van der Waals surface area contributed by atoms with Crippen LogP contribution in [0.3, 0.4) is 0 Å². The molecule has 5 heteroatoms. The Labute approximate surface area is 117 Å². The quantitative estimate of drug-likeness (QED) is 0.637. The molecule has 114 valence electrons. The lowest BCUT2D eigenvalue weighted by atomic mass is 10.1. The zero-order valence-corrected chi connectivity index (χ0v) is 12.2. The van der Waals surface area contributed by atoms with E-state index in [9.17, 15) is 9.59 Å². The maximum Gasteiger partial charge on any atom is 0.409 e. The summed E-state index contributed by atoms with van der Waals surface area (Å²) in [5.41, 5.74) is 0. The van der Waals surface area contributed by atoms with Gasteiger partial charge in [-0.15, -0.1) is 0 Å². The number of hydrogen-bond acceptors (Lipinski definition) is 4. The maximum atomic E-state index is 10.6. The maximum absolute atomic E-state index is 10.6. The minimum absolute atomic E-state index is 0. The van der Waals surface area contributed by atoms with Gasteiger partial charge in [0.15, 0.2) is 0 Å². The van der Waals surface area contributed by atoms with Crippen LogP contribution in [0.1, 0.15) is 48.5 Å². The van der Waals surface area contributed by atoms with Crippen LogP contribution in [-0.4, -0.2) is 42.8 Å². The molecule has 2 aliphatic heterocycles. The van der Waals surface area contributed by atoms with Gasteiger partial charge in [-0.3, -0.25) is 4.79 Å². The number of rotatable bonds is 0. The van der Waals surface area contributed by atoms with Gasteiger partial charge in [0, 0.05) is 7.05 Å². The molecule has 1 unspecified atom stereocenters. The number of carbonyl (C=O) groups excluding carboxylic acids is 2. The SMILES string of the molecule is C.CC.CC1C[C@H](C)OC1=O.C[C@H]1CN(C)C(=O)O1. The highest BCUT2D eigenvalue weighted by Crippen LogP contribution is 2.18. The largest absolute Gasteiger partial charge is 0.462 e. The molecule has 0 aliphatic carbocycles. The number of esters is 1. The molecular weight excluding hydrogens is 246 g/mol. The number of hydrogen-bond donors (Lipinski definition) is 0. The van der Waals surface area contributed by atoms with Gasteiger partial charge in [-0.25, -0.2) is 4.79 Å². The van der Waals surface area contributed by atoms with Gasteiger partial charge in [-0.1, -0.05) is 28.2 Å². The van der Waals surface area contributed by atoms with E-state index in [1.807, 2.05) is 34.6 Å². The van der Waals surface area contributed by atoms with Crippen LogP contribution in [0.2, 0.25) is 0 Å². The standard InChI is InChI=1S/C6H10O2.C5H9NO2.C2H6.CH4/c1-4-3-5(2)8-6(4)7;1-4-3-6(2)5(7)8-4;1-2;/h4-5H,3H2,1-2H3;4H,3H2,1-2H3;1-2H3;1H4/t4?,5-;4-;;/m00../s1. The highest BCUT2D eigenvalue weighted by atomic mass is 16.6. The van der Waals surface area contributed by atoms with E-state index in [0.717, 1.165) is 13.0 Å². The average molecular weight is 275 g/mol. The Balaban J connectivity index is 0. The normalized spacial score (nSPS) is 28.1. The third-order valence-electron chi connectivity index (χ3n) is 2.55. The molecule has 0 aromatic rings. The Morgan fingerprint density at radius 2 is 1.58 bits per heavy atom. The molecule has 2 rings (SSSR count). The van der Waals surface area contributed by atoms with Crippen molar-refractivity contribution in [2.24, 2.45) is 5.92 Å². The first kappa shape index (κ1) is 20.1. The third-order valence-corrected chi connectivity index (χ3v) is 2.55. The van der Waals surface area contributed by atoms with E-state index in [1.54, 1.807) is 11.9 Å². The van der Waals surface area contributed by atoms with Crippen LogP contribution in [0.25, 0.3) is 0 Å². The summed E-state index contributed by atoms with van der Waals surface area (Å²) in [5.74, 6) is 0.0856. The second kappa shape index (κ2) is 9.64. The summed E-state index contributed by atoms with van der Waals surface area (Å²) < 4.78 is 9.59. The van der Waals surface area contributed by atoms with E-state index < -0.39 is 0 Å². The van der Waals surface area contributed by atoms with Crippen LogP contribution < -0.4 is 0 Å². The number of likely N-dealkylation sites (N-methyl/N-ethyl adjacent to an activating group) is 1. The van der Waals surface area contributed by atoms with Crippen LogP contribution >= 0.6 is 0 Å². The average Bonchev–Trinajstić information content (AvgIpc) is 2.74. The first-order valence-corrected chi connectivity index (χ1v) is 6.52. The predicted octanol–water partition coefficient (Wildman–Crippen LogP) is 3.08. The van der Waals surface area contributed by atoms with E-state index in [1.165, 1.54) is 0 Å². The van der Waals surface area contributed by atoms with Gasteiger partial charge >= 0.3 is 12.1 Å². The highest BCUT2D eigenvalue weighted by molar-refractivity contribution is 5.74. The molecule has 0 radical (unpaired) electrons. The van der Waals surface area contributed by atoms with Crippen molar-refractivity contribution < 1.29 is 19.1 Å². The first-order valence-electron chi connectivity index (χ1n) is 6.52. The number of amides is 1. The van der Waals surface area contributed by atoms with Gasteiger partial charge < -0.3 is 14.4 Å². The Kier molecular flexibility index (Phi) is 10.2. The molecule has 5 nitrogen and oxygen atoms in total. The second-order valence-corrected chi connectivity index (χ2v) is 4.46. The zero-order chi connectivity index (χ0) is 14.3. The first-order chi connectivity index (χ1) is 8.40. The molecule has 0 aromatic heterocycles. The fraction of sp³-hybridized carbons (Fsp3) is 0.857. The predicted molar refractivity (Wildman–Crippen MR) is 76.0 cm³/mol. The van der Waals surface area contributed by atoms with Gasteiger partial charge in [-0.05, 0) is 20.3 Å². The fourth-order valence-corrected chi connectivity index (χ4v) is 1.72. The van der Waals surface area contributed by atoms with E-state index in [-0.39, 0.29) is 37.6 Å². The second-order valence-electron chi connectivity index (χ2n) is 4.46. The Morgan fingerprint density at radius 3 is 1.68 bits per heavy atom. The lowest BCUT2D eigenvalue weighted by molar-refractivity contribution is -0.143. The van der Waals surface area contributed by atoms with Crippen molar-refractivity contribution in [1.82, 2.24) is 4.90 Å². The molecule has 0 spiro atoms. The van der Waals surface area contributed by atoms with E-state index in [4.69, 9.17) is 9.47 Å². The van der Waals surface area contributed by atoms with E-state index >= 15 is 0 Å². The van der Waals surface area contributed by atoms with Gasteiger partial charge in [0.2, 0.25) is 0 Å². The smallest absolute Gasteiger partial charge is 0.409 e. The monoisotopic (exact) mass is 275 g/mol. The van der Waals surface area contributed by atoms with Crippen molar-refractivity contribution in [1.29, 1.82) is 0 Å². The molecule has 2 heterocycles. The topological polar surface area (TPSA) is 55.8 Å². The van der Waals surface area contributed by atoms with Gasteiger partial charge in [-0.2, -0.15) is 0 Å². The molecular formula is C14H29NO4. The molecule has 1 amide bonds. The molecule has 3 atom stereocenters. The summed E-state index contributed by atoms with van der Waals surface area (Å²) in [4.78, 5) is 22.6. The molecule has 0 aromatic carbocycles. The summed E-state index contributed by atoms with van der Waals surface area (Å²) in [6.07, 6.45) is 0.904. The van der Waals surface area contributed by atoms with Crippen LogP contribution in [0.15, 0.2) is 0 Å². The lowest BCUT2D eigenvalue weighted by Gasteiger charge is -1.99. The van der Waals surface area contributed by atoms with E-state index in [2.05, 4.69) is 0 Å². The molecule has 2 saturated heterocycles. The third kappa shape index (κ3) is 7.03. The van der Waals surface area contributed by atoms with Crippen molar-refractivity contribution in [2.75, 3.05) is 13.6 Å². The summed E-state index contributed by atoms with van der Waals surface area (Å²) in [5, 5.41) is 0. The van der Waals surface area contributed by atoms with Crippen LogP contribution in [0.5, 0.6) is 0 Å². The molecule has 0 bridgehead atoms. The summed E-state index contributed by atoms with van der Waals surface area (Å²) in [6.45, 7) is 10.4. The van der Waals surface area contributed by atoms with Crippen LogP contribution in [-0.2, 0) is 14.3 Å². The van der Waals surface area contributed by atoms with Crippen LogP contribution in [0.4, 0.5) is 4.79 Å². The lowest BCUT2D eigenvalue weighted by Crippen LogP contribution is -2.18. The highest BCUT2D eigenvalue weighted by Gasteiger charge is 2.27. The number of ether oxygens (including phenoxy) is 2. The number of carbonyl (C=O) groups is 2. The van der Waals surface area contributed by atoms with Crippen molar-refractivity contribution in [3.05, 3.63) is 0 Å². The molecule has 0 saturated carbocycles. The number of cyclic esters (lactones) is 2. The summed E-state index contributed by atoms with van der Waals surface area (Å²) in [6, 6.07) is 0. The van der Waals surface area contributed by atoms with Crippen molar-refractivity contribution in [3.8, 4) is 0 Å². The van der Waals surface area contributed by atoms with Crippen molar-refractivity contribution in [3.63, 3.8) is 0 Å². The summed E-state index contributed by atoms with van der Waals surface area (Å²) >= 11 is 0. The minimum Gasteiger partial charge on any atom is -0.462 e. The van der Waals surface area contributed by atoms with E-state index in [0.29, 0.717) is 0 Å². The Morgan fingerprint density at radius 1 is 1.05 bits per heavy atom. The van der Waals surface area contributed by atoms with Crippen molar-refractivity contribution >= 4 is 12.1 Å². The molecule has 2 fully saturated rings. The minimum atomic E-state index is -0.211. The Bertz CT molecular complexity index is 253. The molecule has 2 aliphatic rings. The fourth-order valence-electron chi connectivity index (χ4n) is 1.72. The molecule has 0 N–H and O–H groups in total. The van der Waals surface area contributed by atoms with Gasteiger partial charge in [0.25, 0.3) is 0 Å². The van der Waals surface area contributed by atoms with Crippen molar-refractivity contribution in [2.45, 2.75) is 60.7 Å². The Hall–Kier alpha value is -1.26. The zero-order valence-electron chi connectivity index (χ0n) is 12.2. The summed E-state index contributed by atoms with van der Waals surface area (Å²) in [7, 11) is 1.73. The molecule has 19 heavy (non-hydrogen) atoms. The van der Waals surface area contributed by atoms with Crippen LogP contribution in [0, 0.1) is 5.92 Å².